The van der Waals surface area contributed by atoms with Gasteiger partial charge < -0.3 is 10.6 Å². The molecule has 1 atom stereocenters. The monoisotopic (exact) mass is 461 g/mol. The lowest BCUT2D eigenvalue weighted by molar-refractivity contribution is 0.258. The number of urea groups is 1. The predicted molar refractivity (Wildman–Crippen MR) is 130 cm³/mol. The third-order valence-corrected chi connectivity index (χ3v) is 5.16. The molecular formula is C25H21ClFN5O. The first-order valence-electron chi connectivity index (χ1n) is 10.3. The molecule has 0 saturated heterocycles. The van der Waals surface area contributed by atoms with Crippen LogP contribution in [0.2, 0.25) is 5.02 Å². The summed E-state index contributed by atoms with van der Waals surface area (Å²) in [5.41, 5.74) is 1.62. The van der Waals surface area contributed by atoms with Crippen LogP contribution in [0.15, 0.2) is 91.1 Å². The minimum Gasteiger partial charge on any atom is -0.348 e. The quantitative estimate of drug-likeness (QED) is 0.331. The van der Waals surface area contributed by atoms with Crippen molar-refractivity contribution in [3.8, 4) is 0 Å². The molecule has 1 aromatic heterocycles. The van der Waals surface area contributed by atoms with E-state index in [1.54, 1.807) is 42.5 Å². The number of carbonyl (C=O) groups excluding carboxylic acids is 1. The Kier molecular flexibility index (Phi) is 6.80. The number of hydrogen-bond donors (Lipinski definition) is 2. The van der Waals surface area contributed by atoms with Crippen LogP contribution in [0.1, 0.15) is 18.5 Å². The number of halogens is 2. The highest BCUT2D eigenvalue weighted by Gasteiger charge is 2.23. The van der Waals surface area contributed by atoms with Crippen LogP contribution in [-0.4, -0.2) is 16.0 Å². The molecule has 0 bridgehead atoms. The number of hydrogen-bond acceptors (Lipinski definition) is 4. The lowest BCUT2D eigenvalue weighted by atomic mass is 10.1. The molecule has 0 aliphatic heterocycles. The van der Waals surface area contributed by atoms with Gasteiger partial charge in [0.15, 0.2) is 0 Å². The van der Waals surface area contributed by atoms with Crippen molar-refractivity contribution in [1.82, 2.24) is 9.97 Å². The second-order valence-corrected chi connectivity index (χ2v) is 7.68. The fourth-order valence-electron chi connectivity index (χ4n) is 3.24. The van der Waals surface area contributed by atoms with E-state index in [1.807, 2.05) is 37.3 Å². The van der Waals surface area contributed by atoms with Gasteiger partial charge in [0.05, 0.1) is 11.7 Å². The van der Waals surface area contributed by atoms with Gasteiger partial charge in [-0.05, 0) is 48.9 Å². The average Bonchev–Trinajstić information content (AvgIpc) is 2.83. The summed E-state index contributed by atoms with van der Waals surface area (Å²) >= 11 is 5.93. The van der Waals surface area contributed by atoms with E-state index in [0.717, 1.165) is 5.56 Å². The Labute approximate surface area is 196 Å². The van der Waals surface area contributed by atoms with Gasteiger partial charge in [-0.15, -0.1) is 0 Å². The molecule has 0 saturated carbocycles. The molecule has 6 nitrogen and oxygen atoms in total. The fraction of sp³-hybridized carbons (Fsp3) is 0.0800. The fourth-order valence-corrected chi connectivity index (χ4v) is 3.37. The molecule has 0 aliphatic carbocycles. The first-order chi connectivity index (χ1) is 16.0. The summed E-state index contributed by atoms with van der Waals surface area (Å²) in [5, 5.41) is 6.53. The normalized spacial score (nSPS) is 11.5. The molecule has 2 amide bonds. The van der Waals surface area contributed by atoms with Crippen molar-refractivity contribution in [2.45, 2.75) is 13.0 Å². The van der Waals surface area contributed by atoms with Gasteiger partial charge in [0.25, 0.3) is 0 Å². The second-order valence-electron chi connectivity index (χ2n) is 7.24. The van der Waals surface area contributed by atoms with E-state index in [1.165, 1.54) is 23.2 Å². The number of anilines is 4. The summed E-state index contributed by atoms with van der Waals surface area (Å²) in [6, 6.07) is 23.4. The van der Waals surface area contributed by atoms with Crippen LogP contribution >= 0.6 is 11.6 Å². The van der Waals surface area contributed by atoms with E-state index in [0.29, 0.717) is 16.7 Å². The Hall–Kier alpha value is -3.97. The minimum atomic E-state index is -0.580. The third kappa shape index (κ3) is 5.45. The number of nitrogens with zero attached hydrogens (tertiary/aromatic N) is 3. The topological polar surface area (TPSA) is 70.2 Å². The largest absolute Gasteiger partial charge is 0.348 e. The van der Waals surface area contributed by atoms with Crippen LogP contribution < -0.4 is 15.5 Å². The van der Waals surface area contributed by atoms with Gasteiger partial charge in [-0.2, -0.15) is 4.98 Å². The highest BCUT2D eigenvalue weighted by Crippen LogP contribution is 2.28. The number of aromatic nitrogens is 2. The number of amides is 2. The lowest BCUT2D eigenvalue weighted by Gasteiger charge is -2.23. The number of rotatable bonds is 6. The molecule has 166 valence electrons. The molecule has 4 aromatic rings. The lowest BCUT2D eigenvalue weighted by Crippen LogP contribution is -2.32. The Bertz CT molecular complexity index is 1240. The number of benzene rings is 3. The van der Waals surface area contributed by atoms with E-state index in [2.05, 4.69) is 20.6 Å². The summed E-state index contributed by atoms with van der Waals surface area (Å²) in [6.07, 6.45) is 1.52. The Morgan fingerprint density at radius 3 is 2.39 bits per heavy atom. The van der Waals surface area contributed by atoms with Gasteiger partial charge in [0.1, 0.15) is 11.6 Å². The molecule has 1 heterocycles. The smallest absolute Gasteiger partial charge is 0.332 e. The van der Waals surface area contributed by atoms with Crippen LogP contribution in [0.25, 0.3) is 0 Å². The molecule has 33 heavy (non-hydrogen) atoms. The molecule has 1 unspecified atom stereocenters. The molecule has 0 fully saturated rings. The first-order valence-corrected chi connectivity index (χ1v) is 10.6. The van der Waals surface area contributed by atoms with E-state index in [4.69, 9.17) is 11.6 Å². The van der Waals surface area contributed by atoms with Crippen molar-refractivity contribution in [3.63, 3.8) is 0 Å². The van der Waals surface area contributed by atoms with Crippen molar-refractivity contribution >= 4 is 40.8 Å². The molecular weight excluding hydrogens is 441 g/mol. The van der Waals surface area contributed by atoms with Crippen LogP contribution in [0.5, 0.6) is 0 Å². The summed E-state index contributed by atoms with van der Waals surface area (Å²) < 4.78 is 14.7. The third-order valence-electron chi connectivity index (χ3n) is 4.91. The predicted octanol–water partition coefficient (Wildman–Crippen LogP) is 6.81. The Balaban J connectivity index is 1.65. The van der Waals surface area contributed by atoms with Crippen LogP contribution in [0, 0.1) is 5.82 Å². The van der Waals surface area contributed by atoms with Crippen molar-refractivity contribution in [2.24, 2.45) is 0 Å². The SMILES string of the molecule is CC(Nc1nccc(N(C(=O)Nc2ccc(Cl)cc2)c2ccccc2F)n1)c1ccccc1. The van der Waals surface area contributed by atoms with Gasteiger partial charge in [-0.1, -0.05) is 54.1 Å². The zero-order valence-electron chi connectivity index (χ0n) is 17.7. The molecule has 0 spiro atoms. The number of para-hydroxylation sites is 1. The average molecular weight is 462 g/mol. The van der Waals surface area contributed by atoms with Crippen LogP contribution in [-0.2, 0) is 0 Å². The summed E-state index contributed by atoms with van der Waals surface area (Å²) in [5.74, 6) is -0.0386. The maximum atomic E-state index is 14.7. The molecule has 0 aliphatic rings. The molecule has 4 rings (SSSR count). The first kappa shape index (κ1) is 22.2. The number of carbonyl (C=O) groups is 1. The van der Waals surface area contributed by atoms with E-state index < -0.39 is 11.8 Å². The van der Waals surface area contributed by atoms with E-state index >= 15 is 0 Å². The highest BCUT2D eigenvalue weighted by molar-refractivity contribution is 6.30. The van der Waals surface area contributed by atoms with Crippen molar-refractivity contribution in [2.75, 3.05) is 15.5 Å². The molecule has 3 aromatic carbocycles. The summed E-state index contributed by atoms with van der Waals surface area (Å²) in [7, 11) is 0. The van der Waals surface area contributed by atoms with Crippen molar-refractivity contribution in [3.05, 3.63) is 108 Å². The maximum absolute atomic E-state index is 14.7. The summed E-state index contributed by atoms with van der Waals surface area (Å²) in [6.45, 7) is 1.98. The Morgan fingerprint density at radius 1 is 0.970 bits per heavy atom. The van der Waals surface area contributed by atoms with E-state index in [-0.39, 0.29) is 17.5 Å². The molecule has 8 heteroatoms. The molecule has 2 N–H and O–H groups in total. The van der Waals surface area contributed by atoms with E-state index in [9.17, 15) is 9.18 Å². The van der Waals surface area contributed by atoms with Crippen LogP contribution in [0.4, 0.5) is 32.3 Å². The van der Waals surface area contributed by atoms with Gasteiger partial charge in [0, 0.05) is 23.0 Å². The standard InChI is InChI=1S/C25H21ClFN5O/c1-17(18-7-3-2-4-8-18)29-24-28-16-15-23(31-24)32(22-10-6-5-9-21(22)27)25(33)30-20-13-11-19(26)12-14-20/h2-17H,1H3,(H,30,33)(H,28,29,31). The highest BCUT2D eigenvalue weighted by atomic mass is 35.5. The summed E-state index contributed by atoms with van der Waals surface area (Å²) in [4.78, 5) is 23.2. The zero-order chi connectivity index (χ0) is 23.2. The maximum Gasteiger partial charge on any atom is 0.332 e. The zero-order valence-corrected chi connectivity index (χ0v) is 18.5. The van der Waals surface area contributed by atoms with Gasteiger partial charge in [-0.25, -0.2) is 19.1 Å². The van der Waals surface area contributed by atoms with Gasteiger partial charge >= 0.3 is 6.03 Å². The second kappa shape index (κ2) is 10.1. The van der Waals surface area contributed by atoms with Crippen molar-refractivity contribution in [1.29, 1.82) is 0 Å². The van der Waals surface area contributed by atoms with Crippen molar-refractivity contribution < 1.29 is 9.18 Å². The molecule has 0 radical (unpaired) electrons. The van der Waals surface area contributed by atoms with Crippen LogP contribution in [0.3, 0.4) is 0 Å². The van der Waals surface area contributed by atoms with Gasteiger partial charge in [0.2, 0.25) is 5.95 Å². The Morgan fingerprint density at radius 2 is 1.67 bits per heavy atom. The number of nitrogens with one attached hydrogen (secondary N) is 2. The minimum absolute atomic E-state index is 0.0599. The van der Waals surface area contributed by atoms with Gasteiger partial charge in [-0.3, -0.25) is 0 Å².